The number of ether oxygens (including phenoxy) is 1. The van der Waals surface area contributed by atoms with Crippen molar-refractivity contribution in [2.45, 2.75) is 23.8 Å². The second-order valence-corrected chi connectivity index (χ2v) is 8.46. The van der Waals surface area contributed by atoms with E-state index in [-0.39, 0.29) is 11.9 Å². The molecule has 7 heteroatoms. The Morgan fingerprint density at radius 3 is 2.57 bits per heavy atom. The third-order valence-corrected chi connectivity index (χ3v) is 6.14. The number of halogens is 2. The summed E-state index contributed by atoms with van der Waals surface area (Å²) in [5, 5.41) is 4.33. The van der Waals surface area contributed by atoms with E-state index in [1.54, 1.807) is 17.8 Å². The molecule has 0 bridgehead atoms. The van der Waals surface area contributed by atoms with E-state index < -0.39 is 0 Å². The summed E-state index contributed by atoms with van der Waals surface area (Å²) in [6.07, 6.45) is 3.83. The van der Waals surface area contributed by atoms with Crippen LogP contribution in [-0.2, 0) is 0 Å². The number of carbonyl (C=O) groups is 1. The maximum atomic E-state index is 12.6. The number of likely N-dealkylation sites (tertiary alicyclic amines) is 1. The van der Waals surface area contributed by atoms with Gasteiger partial charge in [-0.15, -0.1) is 11.8 Å². The first-order chi connectivity index (χ1) is 13.5. The van der Waals surface area contributed by atoms with Crippen LogP contribution in [0, 0.1) is 0 Å². The van der Waals surface area contributed by atoms with Gasteiger partial charge in [0.1, 0.15) is 12.4 Å². The zero-order valence-electron chi connectivity index (χ0n) is 15.8. The van der Waals surface area contributed by atoms with Crippen LogP contribution in [0.2, 0.25) is 10.0 Å². The standard InChI is InChI=1S/C21H24Cl2N2O2S/c1-28-18-6-7-20(23)19(14-18)21(26)24-16-8-10-25(11-9-16)12-13-27-17-4-2-15(22)3-5-17/h2-7,14,16H,8-13H2,1H3,(H,24,26). The van der Waals surface area contributed by atoms with E-state index in [4.69, 9.17) is 27.9 Å². The van der Waals surface area contributed by atoms with E-state index in [0.29, 0.717) is 22.2 Å². The Hall–Kier alpha value is -1.40. The van der Waals surface area contributed by atoms with Crippen molar-refractivity contribution in [3.05, 3.63) is 58.1 Å². The van der Waals surface area contributed by atoms with E-state index in [2.05, 4.69) is 10.2 Å². The second kappa shape index (κ2) is 10.4. The number of hydrogen-bond donors (Lipinski definition) is 1. The highest BCUT2D eigenvalue weighted by molar-refractivity contribution is 7.98. The van der Waals surface area contributed by atoms with Crippen LogP contribution in [-0.4, -0.2) is 49.3 Å². The molecule has 1 amide bonds. The number of hydrogen-bond acceptors (Lipinski definition) is 4. The van der Waals surface area contributed by atoms with Gasteiger partial charge in [-0.1, -0.05) is 23.2 Å². The largest absolute Gasteiger partial charge is 0.492 e. The Morgan fingerprint density at radius 1 is 1.18 bits per heavy atom. The van der Waals surface area contributed by atoms with Crippen molar-refractivity contribution in [2.75, 3.05) is 32.5 Å². The van der Waals surface area contributed by atoms with Crippen molar-refractivity contribution in [3.8, 4) is 5.75 Å². The summed E-state index contributed by atoms with van der Waals surface area (Å²) >= 11 is 13.7. The summed E-state index contributed by atoms with van der Waals surface area (Å²) in [7, 11) is 0. The van der Waals surface area contributed by atoms with Gasteiger partial charge in [-0.3, -0.25) is 9.69 Å². The molecule has 1 heterocycles. The number of amides is 1. The molecule has 2 aromatic rings. The monoisotopic (exact) mass is 438 g/mol. The molecule has 1 N–H and O–H groups in total. The Morgan fingerprint density at radius 2 is 1.89 bits per heavy atom. The molecule has 28 heavy (non-hydrogen) atoms. The zero-order chi connectivity index (χ0) is 19.9. The Kier molecular flexibility index (Phi) is 7.91. The molecule has 0 atom stereocenters. The van der Waals surface area contributed by atoms with Crippen molar-refractivity contribution < 1.29 is 9.53 Å². The normalized spacial score (nSPS) is 15.4. The third-order valence-electron chi connectivity index (χ3n) is 4.83. The van der Waals surface area contributed by atoms with Gasteiger partial charge >= 0.3 is 0 Å². The molecule has 2 aromatic carbocycles. The predicted molar refractivity (Wildman–Crippen MR) is 117 cm³/mol. The number of thioether (sulfide) groups is 1. The fourth-order valence-corrected chi connectivity index (χ4v) is 3.96. The minimum absolute atomic E-state index is 0.0922. The summed E-state index contributed by atoms with van der Waals surface area (Å²) in [6.45, 7) is 3.38. The van der Waals surface area contributed by atoms with Crippen LogP contribution in [0.3, 0.4) is 0 Å². The minimum Gasteiger partial charge on any atom is -0.492 e. The summed E-state index contributed by atoms with van der Waals surface area (Å²) in [5.74, 6) is 0.737. The Balaban J connectivity index is 1.41. The molecule has 3 rings (SSSR count). The lowest BCUT2D eigenvalue weighted by atomic mass is 10.0. The van der Waals surface area contributed by atoms with Gasteiger partial charge in [-0.2, -0.15) is 0 Å². The lowest BCUT2D eigenvalue weighted by molar-refractivity contribution is 0.0905. The maximum Gasteiger partial charge on any atom is 0.253 e. The van der Waals surface area contributed by atoms with E-state index in [9.17, 15) is 4.79 Å². The summed E-state index contributed by atoms with van der Waals surface area (Å²) < 4.78 is 5.76. The second-order valence-electron chi connectivity index (χ2n) is 6.74. The van der Waals surface area contributed by atoms with Gasteiger partial charge in [0.15, 0.2) is 0 Å². The first-order valence-electron chi connectivity index (χ1n) is 9.30. The van der Waals surface area contributed by atoms with Crippen LogP contribution in [0.5, 0.6) is 5.75 Å². The van der Waals surface area contributed by atoms with E-state index in [1.807, 2.05) is 42.7 Å². The molecule has 0 spiro atoms. The number of piperidine rings is 1. The molecular weight excluding hydrogens is 415 g/mol. The summed E-state index contributed by atoms with van der Waals surface area (Å²) in [5.41, 5.74) is 0.548. The third kappa shape index (κ3) is 6.05. The number of nitrogens with one attached hydrogen (secondary N) is 1. The van der Waals surface area contributed by atoms with E-state index in [1.165, 1.54) is 0 Å². The van der Waals surface area contributed by atoms with Gasteiger partial charge in [0.2, 0.25) is 0 Å². The predicted octanol–water partition coefficient (Wildman–Crippen LogP) is 4.99. The molecule has 4 nitrogen and oxygen atoms in total. The van der Waals surface area contributed by atoms with E-state index >= 15 is 0 Å². The fourth-order valence-electron chi connectivity index (χ4n) is 3.19. The lowest BCUT2D eigenvalue weighted by Gasteiger charge is -2.32. The molecule has 0 aromatic heterocycles. The first-order valence-corrected chi connectivity index (χ1v) is 11.3. The van der Waals surface area contributed by atoms with Gasteiger partial charge in [0.05, 0.1) is 10.6 Å². The van der Waals surface area contributed by atoms with E-state index in [0.717, 1.165) is 43.1 Å². The van der Waals surface area contributed by atoms with Gasteiger partial charge in [0, 0.05) is 35.6 Å². The smallest absolute Gasteiger partial charge is 0.253 e. The van der Waals surface area contributed by atoms with Gasteiger partial charge < -0.3 is 10.1 Å². The van der Waals surface area contributed by atoms with Crippen LogP contribution in [0.25, 0.3) is 0 Å². The maximum absolute atomic E-state index is 12.6. The average Bonchev–Trinajstić information content (AvgIpc) is 2.71. The summed E-state index contributed by atoms with van der Waals surface area (Å²) in [4.78, 5) is 16.0. The minimum atomic E-state index is -0.0922. The van der Waals surface area contributed by atoms with Crippen LogP contribution in [0.1, 0.15) is 23.2 Å². The number of carbonyl (C=O) groups excluding carboxylic acids is 1. The Labute approximate surface area is 180 Å². The van der Waals surface area contributed by atoms with Gasteiger partial charge in [-0.05, 0) is 61.6 Å². The number of nitrogens with zero attached hydrogens (tertiary/aromatic N) is 1. The van der Waals surface area contributed by atoms with Crippen molar-refractivity contribution >= 4 is 40.9 Å². The number of rotatable bonds is 7. The van der Waals surface area contributed by atoms with Gasteiger partial charge in [0.25, 0.3) is 5.91 Å². The SMILES string of the molecule is CSc1ccc(Cl)c(C(=O)NC2CCN(CCOc3ccc(Cl)cc3)CC2)c1. The van der Waals surface area contributed by atoms with Crippen LogP contribution in [0.15, 0.2) is 47.4 Å². The van der Waals surface area contributed by atoms with Crippen LogP contribution < -0.4 is 10.1 Å². The first kappa shape index (κ1) is 21.3. The molecular formula is C21H24Cl2N2O2S. The average molecular weight is 439 g/mol. The fraction of sp³-hybridized carbons (Fsp3) is 0.381. The molecule has 0 aliphatic carbocycles. The molecule has 1 saturated heterocycles. The van der Waals surface area contributed by atoms with Crippen LogP contribution >= 0.6 is 35.0 Å². The van der Waals surface area contributed by atoms with Crippen molar-refractivity contribution in [1.82, 2.24) is 10.2 Å². The zero-order valence-corrected chi connectivity index (χ0v) is 18.1. The Bertz CT molecular complexity index is 793. The quantitative estimate of drug-likeness (QED) is 0.618. The lowest BCUT2D eigenvalue weighted by Crippen LogP contribution is -2.45. The highest BCUT2D eigenvalue weighted by Gasteiger charge is 2.22. The molecule has 1 aliphatic heterocycles. The van der Waals surface area contributed by atoms with Crippen molar-refractivity contribution in [2.24, 2.45) is 0 Å². The van der Waals surface area contributed by atoms with Crippen molar-refractivity contribution in [1.29, 1.82) is 0 Å². The highest BCUT2D eigenvalue weighted by atomic mass is 35.5. The molecule has 150 valence electrons. The molecule has 0 saturated carbocycles. The summed E-state index contributed by atoms with van der Waals surface area (Å²) in [6, 6.07) is 13.1. The topological polar surface area (TPSA) is 41.6 Å². The van der Waals surface area contributed by atoms with Crippen molar-refractivity contribution in [3.63, 3.8) is 0 Å². The number of benzene rings is 2. The molecule has 0 unspecified atom stereocenters. The molecule has 0 radical (unpaired) electrons. The molecule has 1 fully saturated rings. The van der Waals surface area contributed by atoms with Gasteiger partial charge in [-0.25, -0.2) is 0 Å². The highest BCUT2D eigenvalue weighted by Crippen LogP contribution is 2.23. The molecule has 1 aliphatic rings. The van der Waals surface area contributed by atoms with Crippen LogP contribution in [0.4, 0.5) is 0 Å².